The fraction of sp³-hybridized carbons (Fsp3) is 0.0952. The molecule has 144 valence electrons. The Balaban J connectivity index is 1.79. The van der Waals surface area contributed by atoms with Gasteiger partial charge in [0.2, 0.25) is 0 Å². The van der Waals surface area contributed by atoms with Crippen molar-refractivity contribution < 1.29 is 13.2 Å². The molecule has 0 aliphatic carbocycles. The third kappa shape index (κ3) is 4.52. The molecule has 3 aromatic carbocycles. The van der Waals surface area contributed by atoms with Crippen LogP contribution in [-0.4, -0.2) is 14.3 Å². The van der Waals surface area contributed by atoms with E-state index in [9.17, 15) is 13.2 Å². The zero-order chi connectivity index (χ0) is 20.3. The van der Waals surface area contributed by atoms with E-state index in [4.69, 9.17) is 11.6 Å². The van der Waals surface area contributed by atoms with Crippen LogP contribution in [0.2, 0.25) is 5.02 Å². The first-order chi connectivity index (χ1) is 13.3. The minimum Gasteiger partial charge on any atom is -0.322 e. The molecule has 0 aliphatic heterocycles. The quantitative estimate of drug-likeness (QED) is 0.616. The van der Waals surface area contributed by atoms with Gasteiger partial charge in [0.1, 0.15) is 0 Å². The average Bonchev–Trinajstić information content (AvgIpc) is 2.64. The van der Waals surface area contributed by atoms with E-state index < -0.39 is 10.0 Å². The van der Waals surface area contributed by atoms with Crippen LogP contribution in [0.3, 0.4) is 0 Å². The van der Waals surface area contributed by atoms with Gasteiger partial charge in [0.15, 0.2) is 0 Å². The zero-order valence-electron chi connectivity index (χ0n) is 15.4. The molecule has 0 fully saturated rings. The molecule has 1 amide bonds. The molecule has 0 saturated carbocycles. The number of sulfonamides is 1. The van der Waals surface area contributed by atoms with E-state index in [-0.39, 0.29) is 27.1 Å². The number of carbonyl (C=O) groups excluding carboxylic acids is 1. The van der Waals surface area contributed by atoms with Gasteiger partial charge in [0.05, 0.1) is 21.2 Å². The molecule has 0 atom stereocenters. The minimum atomic E-state index is -3.73. The predicted molar refractivity (Wildman–Crippen MR) is 113 cm³/mol. The molecule has 28 heavy (non-hydrogen) atoms. The first-order valence-electron chi connectivity index (χ1n) is 8.52. The topological polar surface area (TPSA) is 75.3 Å². The van der Waals surface area contributed by atoms with E-state index in [1.165, 1.54) is 30.3 Å². The maximum absolute atomic E-state index is 12.6. The van der Waals surface area contributed by atoms with Gasteiger partial charge in [-0.3, -0.25) is 9.52 Å². The summed E-state index contributed by atoms with van der Waals surface area (Å²) in [5, 5.41) is 2.97. The second kappa shape index (κ2) is 8.04. The average molecular weight is 415 g/mol. The summed E-state index contributed by atoms with van der Waals surface area (Å²) >= 11 is 6.23. The number of hydrogen-bond acceptors (Lipinski definition) is 3. The third-order valence-corrected chi connectivity index (χ3v) is 5.86. The van der Waals surface area contributed by atoms with Crippen molar-refractivity contribution in [3.05, 3.63) is 88.4 Å². The van der Waals surface area contributed by atoms with Crippen LogP contribution in [0.15, 0.2) is 71.6 Å². The van der Waals surface area contributed by atoms with E-state index in [1.807, 2.05) is 32.0 Å². The summed E-state index contributed by atoms with van der Waals surface area (Å²) in [4.78, 5) is 12.7. The highest BCUT2D eigenvalue weighted by Crippen LogP contribution is 2.25. The number of halogens is 1. The van der Waals surface area contributed by atoms with Crippen LogP contribution >= 0.6 is 11.6 Å². The Morgan fingerprint density at radius 2 is 1.64 bits per heavy atom. The van der Waals surface area contributed by atoms with Gasteiger partial charge in [-0.05, 0) is 55.8 Å². The molecular weight excluding hydrogens is 396 g/mol. The van der Waals surface area contributed by atoms with Crippen molar-refractivity contribution in [3.8, 4) is 0 Å². The first kappa shape index (κ1) is 19.9. The zero-order valence-corrected chi connectivity index (χ0v) is 16.9. The van der Waals surface area contributed by atoms with Gasteiger partial charge in [-0.15, -0.1) is 0 Å². The summed E-state index contributed by atoms with van der Waals surface area (Å²) in [5.74, 6) is -0.366. The van der Waals surface area contributed by atoms with Crippen molar-refractivity contribution in [1.29, 1.82) is 0 Å². The molecule has 0 spiro atoms. The molecule has 0 radical (unpaired) electrons. The van der Waals surface area contributed by atoms with Crippen LogP contribution in [-0.2, 0) is 10.0 Å². The highest BCUT2D eigenvalue weighted by atomic mass is 35.5. The molecule has 0 unspecified atom stereocenters. The third-order valence-electron chi connectivity index (χ3n) is 4.15. The van der Waals surface area contributed by atoms with Crippen LogP contribution in [0, 0.1) is 13.8 Å². The van der Waals surface area contributed by atoms with Crippen molar-refractivity contribution >= 4 is 38.9 Å². The Labute approximate surface area is 169 Å². The molecule has 2 N–H and O–H groups in total. The fourth-order valence-electron chi connectivity index (χ4n) is 2.72. The van der Waals surface area contributed by atoms with Crippen LogP contribution < -0.4 is 10.0 Å². The number of hydrogen-bond donors (Lipinski definition) is 2. The van der Waals surface area contributed by atoms with Gasteiger partial charge in [-0.1, -0.05) is 47.5 Å². The van der Waals surface area contributed by atoms with E-state index in [0.717, 1.165) is 11.1 Å². The Hall–Kier alpha value is -2.83. The lowest BCUT2D eigenvalue weighted by molar-refractivity contribution is 0.102. The van der Waals surface area contributed by atoms with Gasteiger partial charge in [-0.25, -0.2) is 8.42 Å². The maximum atomic E-state index is 12.6. The highest BCUT2D eigenvalue weighted by molar-refractivity contribution is 7.92. The summed E-state index contributed by atoms with van der Waals surface area (Å²) in [6, 6.07) is 18.1. The second-order valence-electron chi connectivity index (χ2n) is 6.39. The monoisotopic (exact) mass is 414 g/mol. The molecule has 3 aromatic rings. The number of rotatable bonds is 5. The lowest BCUT2D eigenvalue weighted by Crippen LogP contribution is -2.15. The van der Waals surface area contributed by atoms with Crippen LogP contribution in [0.4, 0.5) is 11.4 Å². The van der Waals surface area contributed by atoms with Crippen molar-refractivity contribution in [2.45, 2.75) is 18.7 Å². The Kier molecular flexibility index (Phi) is 5.72. The van der Waals surface area contributed by atoms with Crippen molar-refractivity contribution in [1.82, 2.24) is 0 Å². The summed E-state index contributed by atoms with van der Waals surface area (Å²) in [6.45, 7) is 3.89. The lowest BCUT2D eigenvalue weighted by atomic mass is 10.1. The number of benzene rings is 3. The Bertz CT molecular complexity index is 1130. The lowest BCUT2D eigenvalue weighted by Gasteiger charge is -2.12. The van der Waals surface area contributed by atoms with Crippen molar-refractivity contribution in [2.75, 3.05) is 10.0 Å². The summed E-state index contributed by atoms with van der Waals surface area (Å²) < 4.78 is 27.3. The van der Waals surface area contributed by atoms with E-state index in [0.29, 0.717) is 5.69 Å². The molecule has 7 heteroatoms. The van der Waals surface area contributed by atoms with Crippen molar-refractivity contribution in [2.24, 2.45) is 0 Å². The second-order valence-corrected chi connectivity index (χ2v) is 8.48. The molecule has 0 saturated heterocycles. The number of aryl methyl sites for hydroxylation is 2. The van der Waals surface area contributed by atoms with Gasteiger partial charge < -0.3 is 5.32 Å². The number of amides is 1. The molecule has 5 nitrogen and oxygen atoms in total. The normalized spacial score (nSPS) is 11.1. The van der Waals surface area contributed by atoms with Gasteiger partial charge >= 0.3 is 0 Å². The summed E-state index contributed by atoms with van der Waals surface area (Å²) in [5.41, 5.74) is 3.27. The predicted octanol–water partition coefficient (Wildman–Crippen LogP) is 5.01. The Morgan fingerprint density at radius 3 is 2.29 bits per heavy atom. The van der Waals surface area contributed by atoms with Gasteiger partial charge in [0.25, 0.3) is 15.9 Å². The highest BCUT2D eigenvalue weighted by Gasteiger charge is 2.16. The summed E-state index contributed by atoms with van der Waals surface area (Å²) in [7, 11) is -3.73. The number of anilines is 2. The smallest absolute Gasteiger partial charge is 0.261 e. The molecule has 0 heterocycles. The Morgan fingerprint density at radius 1 is 0.929 bits per heavy atom. The van der Waals surface area contributed by atoms with Crippen LogP contribution in [0.25, 0.3) is 0 Å². The molecule has 0 aromatic heterocycles. The largest absolute Gasteiger partial charge is 0.322 e. The SMILES string of the molecule is Cc1ccc(NC(=O)c2ccc(NS(=O)(=O)c3ccccc3)cc2Cl)c(C)c1. The number of nitrogens with one attached hydrogen (secondary N) is 2. The fourth-order valence-corrected chi connectivity index (χ4v) is 4.06. The van der Waals surface area contributed by atoms with E-state index >= 15 is 0 Å². The van der Waals surface area contributed by atoms with Gasteiger partial charge in [0, 0.05) is 5.69 Å². The van der Waals surface area contributed by atoms with Crippen LogP contribution in [0.1, 0.15) is 21.5 Å². The minimum absolute atomic E-state index is 0.141. The summed E-state index contributed by atoms with van der Waals surface area (Å²) in [6.07, 6.45) is 0. The van der Waals surface area contributed by atoms with Crippen LogP contribution in [0.5, 0.6) is 0 Å². The molecule has 3 rings (SSSR count). The van der Waals surface area contributed by atoms with E-state index in [1.54, 1.807) is 18.2 Å². The standard InChI is InChI=1S/C21H19ClN2O3S/c1-14-8-11-20(15(2)12-14)23-21(25)18-10-9-16(13-19(18)22)24-28(26,27)17-6-4-3-5-7-17/h3-13,24H,1-2H3,(H,23,25). The maximum Gasteiger partial charge on any atom is 0.261 e. The molecule has 0 bridgehead atoms. The first-order valence-corrected chi connectivity index (χ1v) is 10.4. The number of carbonyl (C=O) groups is 1. The van der Waals surface area contributed by atoms with Crippen molar-refractivity contribution in [3.63, 3.8) is 0 Å². The molecular formula is C21H19ClN2O3S. The molecule has 0 aliphatic rings. The van der Waals surface area contributed by atoms with Gasteiger partial charge in [-0.2, -0.15) is 0 Å². The van der Waals surface area contributed by atoms with E-state index in [2.05, 4.69) is 10.0 Å².